The molecule has 0 amide bonds. The Bertz CT molecular complexity index is 1020. The number of halogens is 2. The number of nitrogens with one attached hydrogen (secondary N) is 1. The van der Waals surface area contributed by atoms with Crippen molar-refractivity contribution in [1.29, 1.82) is 0 Å². The van der Waals surface area contributed by atoms with Gasteiger partial charge in [0.25, 0.3) is 11.3 Å². The fraction of sp³-hybridized carbons (Fsp3) is 0.118. The van der Waals surface area contributed by atoms with Crippen LogP contribution in [0.5, 0.6) is 0 Å². The van der Waals surface area contributed by atoms with E-state index in [2.05, 4.69) is 15.5 Å². The molecule has 3 aromatic rings. The number of pyridine rings is 1. The molecule has 0 atom stereocenters. The Morgan fingerprint density at radius 2 is 2.04 bits per heavy atom. The average Bonchev–Trinajstić information content (AvgIpc) is 2.60. The van der Waals surface area contributed by atoms with Crippen LogP contribution in [0.4, 0.5) is 20.3 Å². The number of hydrogen-bond acceptors (Lipinski definition) is 6. The number of aromatic nitrogens is 2. The molecule has 0 fully saturated rings. The van der Waals surface area contributed by atoms with E-state index in [1.165, 1.54) is 16.5 Å². The van der Waals surface area contributed by atoms with Gasteiger partial charge in [-0.05, 0) is 42.8 Å². The lowest BCUT2D eigenvalue weighted by atomic mass is 10.2. The number of benzene rings is 1. The Labute approximate surface area is 151 Å². The largest absolute Gasteiger partial charge is 0.411 e. The van der Waals surface area contributed by atoms with Gasteiger partial charge >= 0.3 is 0 Å². The summed E-state index contributed by atoms with van der Waals surface area (Å²) in [5.41, 5.74) is 1.48. The summed E-state index contributed by atoms with van der Waals surface area (Å²) in [7, 11) is 0. The molecule has 6 nitrogen and oxygen atoms in total. The van der Waals surface area contributed by atoms with E-state index in [1.807, 2.05) is 13.0 Å². The van der Waals surface area contributed by atoms with E-state index in [0.717, 1.165) is 11.8 Å². The van der Waals surface area contributed by atoms with Crippen molar-refractivity contribution in [3.05, 3.63) is 64.1 Å². The molecule has 0 aliphatic carbocycles. The van der Waals surface area contributed by atoms with E-state index in [4.69, 9.17) is 5.21 Å². The van der Waals surface area contributed by atoms with Crippen LogP contribution in [0.15, 0.2) is 57.4 Å². The van der Waals surface area contributed by atoms with Crippen LogP contribution in [0, 0.1) is 6.92 Å². The van der Waals surface area contributed by atoms with Crippen LogP contribution in [0.1, 0.15) is 11.1 Å². The van der Waals surface area contributed by atoms with Crippen molar-refractivity contribution in [2.45, 2.75) is 17.6 Å². The van der Waals surface area contributed by atoms with Gasteiger partial charge in [-0.3, -0.25) is 9.20 Å². The molecule has 2 heterocycles. The van der Waals surface area contributed by atoms with Crippen molar-refractivity contribution in [2.24, 2.45) is 5.16 Å². The van der Waals surface area contributed by atoms with Crippen LogP contribution in [0.3, 0.4) is 0 Å². The molecular weight excluding hydrogens is 362 g/mol. The normalized spacial score (nSPS) is 11.5. The highest BCUT2D eigenvalue weighted by atomic mass is 32.2. The topological polar surface area (TPSA) is 79.0 Å². The molecular formula is C17H14F2N4O2S. The highest BCUT2D eigenvalue weighted by molar-refractivity contribution is 7.99. The second-order valence-electron chi connectivity index (χ2n) is 5.34. The Morgan fingerprint density at radius 1 is 1.31 bits per heavy atom. The number of hydrogen-bond donors (Lipinski definition) is 2. The van der Waals surface area contributed by atoms with E-state index in [9.17, 15) is 13.6 Å². The molecule has 0 radical (unpaired) electrons. The zero-order valence-corrected chi connectivity index (χ0v) is 14.4. The Balaban J connectivity index is 2.05. The van der Waals surface area contributed by atoms with E-state index < -0.39 is 11.3 Å². The molecule has 0 bridgehead atoms. The fourth-order valence-corrected chi connectivity index (χ4v) is 2.94. The predicted molar refractivity (Wildman–Crippen MR) is 97.2 cm³/mol. The standard InChI is InChI=1S/C17H14F2N4O2S/c1-10-3-2-8-23-15(10)22-14(13(9-20-25)16(23)24)21-11-4-6-12(7-5-11)26-17(18)19/h2-9,17,21,25H,1H3/b20-9+. The van der Waals surface area contributed by atoms with Crippen molar-refractivity contribution in [3.63, 3.8) is 0 Å². The first-order valence-corrected chi connectivity index (χ1v) is 8.39. The van der Waals surface area contributed by atoms with Gasteiger partial charge in [-0.25, -0.2) is 4.98 Å². The zero-order valence-electron chi connectivity index (χ0n) is 13.6. The van der Waals surface area contributed by atoms with Gasteiger partial charge in [0.15, 0.2) is 0 Å². The first-order chi connectivity index (χ1) is 12.5. The minimum absolute atomic E-state index is 0.0710. The molecule has 26 heavy (non-hydrogen) atoms. The van der Waals surface area contributed by atoms with E-state index >= 15 is 0 Å². The fourth-order valence-electron chi connectivity index (χ4n) is 2.44. The Hall–Kier alpha value is -2.94. The number of nitrogens with zero attached hydrogens (tertiary/aromatic N) is 3. The minimum atomic E-state index is -2.49. The van der Waals surface area contributed by atoms with Crippen LogP contribution >= 0.6 is 11.8 Å². The van der Waals surface area contributed by atoms with Crippen molar-refractivity contribution in [2.75, 3.05) is 5.32 Å². The molecule has 2 aromatic heterocycles. The van der Waals surface area contributed by atoms with Crippen LogP contribution in [0.2, 0.25) is 0 Å². The van der Waals surface area contributed by atoms with Crippen LogP contribution in [0.25, 0.3) is 5.65 Å². The molecule has 0 aliphatic rings. The SMILES string of the molecule is Cc1cccn2c(=O)c(/C=N/O)c(Nc3ccc(SC(F)F)cc3)nc12. The van der Waals surface area contributed by atoms with Crippen molar-refractivity contribution >= 4 is 35.1 Å². The van der Waals surface area contributed by atoms with Crippen LogP contribution in [-0.4, -0.2) is 26.6 Å². The molecule has 9 heteroatoms. The molecule has 2 N–H and O–H groups in total. The van der Waals surface area contributed by atoms with Crippen molar-refractivity contribution < 1.29 is 14.0 Å². The second kappa shape index (κ2) is 7.52. The zero-order chi connectivity index (χ0) is 18.7. The van der Waals surface area contributed by atoms with Gasteiger partial charge < -0.3 is 10.5 Å². The van der Waals surface area contributed by atoms with Crippen LogP contribution < -0.4 is 10.9 Å². The van der Waals surface area contributed by atoms with Gasteiger partial charge in [0, 0.05) is 16.8 Å². The molecule has 0 unspecified atom stereocenters. The molecule has 134 valence electrons. The number of fused-ring (bicyclic) bond motifs is 1. The first-order valence-electron chi connectivity index (χ1n) is 7.51. The minimum Gasteiger partial charge on any atom is -0.411 e. The summed E-state index contributed by atoms with van der Waals surface area (Å²) in [5, 5.41) is 14.8. The van der Waals surface area contributed by atoms with E-state index in [1.54, 1.807) is 24.4 Å². The Morgan fingerprint density at radius 3 is 2.69 bits per heavy atom. The lowest BCUT2D eigenvalue weighted by molar-refractivity contribution is 0.252. The quantitative estimate of drug-likeness (QED) is 0.306. The summed E-state index contributed by atoms with van der Waals surface area (Å²) >= 11 is 0.447. The summed E-state index contributed by atoms with van der Waals surface area (Å²) in [6.07, 6.45) is 2.58. The first kappa shape index (κ1) is 17.9. The summed E-state index contributed by atoms with van der Waals surface area (Å²) in [5.74, 6) is -2.29. The maximum absolute atomic E-state index is 12.7. The third kappa shape index (κ3) is 3.67. The molecule has 0 aliphatic heterocycles. The number of anilines is 2. The molecule has 1 aromatic carbocycles. The molecule has 0 saturated carbocycles. The number of oxime groups is 1. The van der Waals surface area contributed by atoms with Crippen LogP contribution in [-0.2, 0) is 0 Å². The smallest absolute Gasteiger partial charge is 0.288 e. The third-order valence-corrected chi connectivity index (χ3v) is 4.34. The van der Waals surface area contributed by atoms with Crippen molar-refractivity contribution in [3.8, 4) is 0 Å². The summed E-state index contributed by atoms with van der Waals surface area (Å²) in [6, 6.07) is 9.83. The Kier molecular flexibility index (Phi) is 5.17. The highest BCUT2D eigenvalue weighted by Crippen LogP contribution is 2.27. The van der Waals surface area contributed by atoms with E-state index in [-0.39, 0.29) is 11.4 Å². The molecule has 0 spiro atoms. The lowest BCUT2D eigenvalue weighted by Gasteiger charge is -2.12. The lowest BCUT2D eigenvalue weighted by Crippen LogP contribution is -2.22. The monoisotopic (exact) mass is 376 g/mol. The van der Waals surface area contributed by atoms with Gasteiger partial charge in [0.05, 0.1) is 6.21 Å². The number of alkyl halides is 2. The van der Waals surface area contributed by atoms with Gasteiger partial charge in [0.2, 0.25) is 0 Å². The molecule has 0 saturated heterocycles. The second-order valence-corrected chi connectivity index (χ2v) is 6.40. The third-order valence-electron chi connectivity index (χ3n) is 3.61. The van der Waals surface area contributed by atoms with Gasteiger partial charge in [-0.15, -0.1) is 0 Å². The van der Waals surface area contributed by atoms with Gasteiger partial charge in [0.1, 0.15) is 17.0 Å². The average molecular weight is 376 g/mol. The predicted octanol–water partition coefficient (Wildman–Crippen LogP) is 3.87. The number of aryl methyl sites for hydroxylation is 1. The maximum atomic E-state index is 12.7. The summed E-state index contributed by atoms with van der Waals surface area (Å²) in [6.45, 7) is 1.82. The van der Waals surface area contributed by atoms with E-state index in [0.29, 0.717) is 28.0 Å². The maximum Gasteiger partial charge on any atom is 0.288 e. The number of thioether (sulfide) groups is 1. The van der Waals surface area contributed by atoms with Gasteiger partial charge in [-0.1, -0.05) is 23.0 Å². The molecule has 3 rings (SSSR count). The highest BCUT2D eigenvalue weighted by Gasteiger charge is 2.13. The van der Waals surface area contributed by atoms with Crippen molar-refractivity contribution in [1.82, 2.24) is 9.38 Å². The summed E-state index contributed by atoms with van der Waals surface area (Å²) < 4.78 is 26.2. The van der Waals surface area contributed by atoms with Gasteiger partial charge in [-0.2, -0.15) is 8.78 Å². The number of rotatable bonds is 5. The summed E-state index contributed by atoms with van der Waals surface area (Å²) in [4.78, 5) is 17.5.